The Morgan fingerprint density at radius 3 is 2.23 bits per heavy atom. The number of methoxy groups -OCH3 is 1. The molecule has 230 valence electrons. The van der Waals surface area contributed by atoms with Crippen LogP contribution in [0.15, 0.2) is 108 Å². The van der Waals surface area contributed by atoms with Gasteiger partial charge in [-0.15, -0.1) is 0 Å². The molecule has 0 aliphatic rings. The van der Waals surface area contributed by atoms with E-state index in [4.69, 9.17) is 16.3 Å². The summed E-state index contributed by atoms with van der Waals surface area (Å²) in [5.41, 5.74) is 2.87. The van der Waals surface area contributed by atoms with E-state index >= 15 is 0 Å². The molecule has 4 rings (SSSR count). The fourth-order valence-corrected chi connectivity index (χ4v) is 6.44. The second-order valence-corrected chi connectivity index (χ2v) is 12.5. The lowest BCUT2D eigenvalue weighted by Gasteiger charge is -2.34. The van der Waals surface area contributed by atoms with E-state index in [-0.39, 0.29) is 29.5 Å². The van der Waals surface area contributed by atoms with Gasteiger partial charge in [0.25, 0.3) is 10.0 Å². The fourth-order valence-electron chi connectivity index (χ4n) is 4.85. The molecule has 0 fully saturated rings. The lowest BCUT2D eigenvalue weighted by molar-refractivity contribution is -0.140. The van der Waals surface area contributed by atoms with E-state index in [1.165, 1.54) is 30.2 Å². The predicted molar refractivity (Wildman–Crippen MR) is 173 cm³/mol. The monoisotopic (exact) mass is 633 g/mol. The van der Waals surface area contributed by atoms with Crippen molar-refractivity contribution >= 4 is 39.1 Å². The van der Waals surface area contributed by atoms with Crippen LogP contribution in [-0.2, 0) is 32.6 Å². The van der Waals surface area contributed by atoms with Crippen molar-refractivity contribution in [1.82, 2.24) is 10.2 Å². The van der Waals surface area contributed by atoms with Gasteiger partial charge in [-0.2, -0.15) is 0 Å². The molecular formula is C34H36ClN3O5S. The molecule has 4 aromatic rings. The number of hydrogen-bond acceptors (Lipinski definition) is 5. The second kappa shape index (κ2) is 14.9. The Kier molecular flexibility index (Phi) is 11.0. The summed E-state index contributed by atoms with van der Waals surface area (Å²) in [5, 5.41) is 3.18. The van der Waals surface area contributed by atoms with Crippen molar-refractivity contribution in [2.75, 3.05) is 24.5 Å². The number of halogens is 1. The summed E-state index contributed by atoms with van der Waals surface area (Å²) in [6.45, 7) is 3.66. The number of anilines is 1. The van der Waals surface area contributed by atoms with E-state index < -0.39 is 28.5 Å². The number of likely N-dealkylation sites (N-methyl/N-ethyl adjacent to an activating group) is 1. The maximum absolute atomic E-state index is 14.4. The third-order valence-electron chi connectivity index (χ3n) is 7.25. The van der Waals surface area contributed by atoms with Crippen LogP contribution in [0.2, 0.25) is 5.02 Å². The van der Waals surface area contributed by atoms with Crippen LogP contribution in [0.4, 0.5) is 5.69 Å². The molecule has 1 N–H and O–H groups in total. The SMILES string of the molecule is CCNC(=O)C(Cc1ccccc1)N(Cc1ccccc1C)C(=O)CN(c1cccc(Cl)c1)S(=O)(=O)c1ccc(OC)cc1. The molecule has 0 saturated carbocycles. The third-order valence-corrected chi connectivity index (χ3v) is 9.27. The fraction of sp³-hybridized carbons (Fsp3) is 0.235. The van der Waals surface area contributed by atoms with Crippen LogP contribution < -0.4 is 14.4 Å². The lowest BCUT2D eigenvalue weighted by atomic mass is 10.0. The quantitative estimate of drug-likeness (QED) is 0.206. The highest BCUT2D eigenvalue weighted by Crippen LogP contribution is 2.28. The molecule has 0 saturated heterocycles. The summed E-state index contributed by atoms with van der Waals surface area (Å²) >= 11 is 6.28. The predicted octanol–water partition coefficient (Wildman–Crippen LogP) is 5.63. The van der Waals surface area contributed by atoms with E-state index in [0.717, 1.165) is 21.0 Å². The van der Waals surface area contributed by atoms with E-state index in [9.17, 15) is 18.0 Å². The highest BCUT2D eigenvalue weighted by Gasteiger charge is 2.34. The number of carbonyl (C=O) groups is 2. The number of benzene rings is 4. The molecule has 0 aromatic heterocycles. The zero-order valence-electron chi connectivity index (χ0n) is 24.9. The maximum Gasteiger partial charge on any atom is 0.264 e. The number of hydrogen-bond donors (Lipinski definition) is 1. The minimum absolute atomic E-state index is 0.0268. The van der Waals surface area contributed by atoms with Gasteiger partial charge in [0.05, 0.1) is 17.7 Å². The first-order chi connectivity index (χ1) is 21.1. The summed E-state index contributed by atoms with van der Waals surface area (Å²) in [6, 6.07) is 28.4. The first-order valence-electron chi connectivity index (χ1n) is 14.2. The van der Waals surface area contributed by atoms with Gasteiger partial charge in [-0.3, -0.25) is 13.9 Å². The summed E-state index contributed by atoms with van der Waals surface area (Å²) < 4.78 is 34.4. The molecule has 0 bridgehead atoms. The lowest BCUT2D eigenvalue weighted by Crippen LogP contribution is -2.53. The summed E-state index contributed by atoms with van der Waals surface area (Å²) in [6.07, 6.45) is 0.243. The highest BCUT2D eigenvalue weighted by molar-refractivity contribution is 7.92. The highest BCUT2D eigenvalue weighted by atomic mass is 35.5. The maximum atomic E-state index is 14.4. The molecule has 1 unspecified atom stereocenters. The zero-order valence-corrected chi connectivity index (χ0v) is 26.5. The van der Waals surface area contributed by atoms with Crippen molar-refractivity contribution in [2.24, 2.45) is 0 Å². The van der Waals surface area contributed by atoms with Crippen molar-refractivity contribution in [1.29, 1.82) is 0 Å². The molecule has 44 heavy (non-hydrogen) atoms. The van der Waals surface area contributed by atoms with Gasteiger partial charge in [-0.25, -0.2) is 8.42 Å². The van der Waals surface area contributed by atoms with E-state index in [1.54, 1.807) is 30.3 Å². The van der Waals surface area contributed by atoms with Crippen LogP contribution in [0.5, 0.6) is 5.75 Å². The normalized spacial score (nSPS) is 11.8. The average molecular weight is 634 g/mol. The van der Waals surface area contributed by atoms with E-state index in [1.807, 2.05) is 68.4 Å². The second-order valence-electron chi connectivity index (χ2n) is 10.2. The van der Waals surface area contributed by atoms with Crippen molar-refractivity contribution in [3.8, 4) is 5.75 Å². The Morgan fingerprint density at radius 2 is 1.59 bits per heavy atom. The van der Waals surface area contributed by atoms with Crippen LogP contribution in [0.3, 0.4) is 0 Å². The third kappa shape index (κ3) is 7.98. The van der Waals surface area contributed by atoms with Gasteiger partial charge in [-0.1, -0.05) is 72.3 Å². The summed E-state index contributed by atoms with van der Waals surface area (Å²) in [7, 11) is -2.76. The Hall–Kier alpha value is -4.34. The molecular weight excluding hydrogens is 598 g/mol. The standard InChI is InChI=1S/C34H36ClN3O5S/c1-4-36-34(40)32(21-26-12-6-5-7-13-26)37(23-27-14-9-8-11-25(27)2)33(39)24-38(29-16-10-15-28(35)22-29)44(41,42)31-19-17-30(43-3)18-20-31/h5-20,22,32H,4,21,23-24H2,1-3H3,(H,36,40). The molecule has 0 spiro atoms. The molecule has 4 aromatic carbocycles. The van der Waals surface area contributed by atoms with Gasteiger partial charge in [0.2, 0.25) is 11.8 Å². The van der Waals surface area contributed by atoms with Gasteiger partial charge in [0, 0.05) is 24.5 Å². The molecule has 0 aliphatic heterocycles. The Labute approximate surface area is 264 Å². The summed E-state index contributed by atoms with van der Waals surface area (Å²) in [4.78, 5) is 29.5. The van der Waals surface area contributed by atoms with Gasteiger partial charge < -0.3 is 15.0 Å². The van der Waals surface area contributed by atoms with Crippen LogP contribution in [0, 0.1) is 6.92 Å². The number of nitrogens with one attached hydrogen (secondary N) is 1. The van der Waals surface area contributed by atoms with Crippen LogP contribution in [0.25, 0.3) is 0 Å². The van der Waals surface area contributed by atoms with Crippen LogP contribution in [-0.4, -0.2) is 51.4 Å². The molecule has 0 heterocycles. The van der Waals surface area contributed by atoms with E-state index in [2.05, 4.69) is 5.32 Å². The van der Waals surface area contributed by atoms with Crippen LogP contribution >= 0.6 is 11.6 Å². The van der Waals surface area contributed by atoms with Gasteiger partial charge in [-0.05, 0) is 73.0 Å². The Bertz CT molecular complexity index is 1680. The average Bonchev–Trinajstić information content (AvgIpc) is 3.02. The van der Waals surface area contributed by atoms with Gasteiger partial charge >= 0.3 is 0 Å². The molecule has 2 amide bonds. The molecule has 1 atom stereocenters. The number of nitrogens with zero attached hydrogens (tertiary/aromatic N) is 2. The van der Waals surface area contributed by atoms with Gasteiger partial charge in [0.1, 0.15) is 18.3 Å². The number of carbonyl (C=O) groups excluding carboxylic acids is 2. The number of aryl methyl sites for hydroxylation is 1. The smallest absolute Gasteiger partial charge is 0.264 e. The van der Waals surface area contributed by atoms with Gasteiger partial charge in [0.15, 0.2) is 0 Å². The molecule has 0 aliphatic carbocycles. The number of ether oxygens (including phenoxy) is 1. The Morgan fingerprint density at radius 1 is 0.909 bits per heavy atom. The number of amides is 2. The molecule has 8 nitrogen and oxygen atoms in total. The zero-order chi connectivity index (χ0) is 31.7. The first-order valence-corrected chi connectivity index (χ1v) is 16.0. The minimum atomic E-state index is -4.25. The van der Waals surface area contributed by atoms with Crippen molar-refractivity contribution in [3.05, 3.63) is 125 Å². The Balaban J connectivity index is 1.80. The van der Waals surface area contributed by atoms with Crippen molar-refractivity contribution in [2.45, 2.75) is 37.8 Å². The van der Waals surface area contributed by atoms with E-state index in [0.29, 0.717) is 17.3 Å². The van der Waals surface area contributed by atoms with Crippen molar-refractivity contribution < 1.29 is 22.7 Å². The number of sulfonamides is 1. The molecule has 10 heteroatoms. The van der Waals surface area contributed by atoms with Crippen molar-refractivity contribution in [3.63, 3.8) is 0 Å². The topological polar surface area (TPSA) is 96.0 Å². The summed E-state index contributed by atoms with van der Waals surface area (Å²) in [5.74, 6) is -0.382. The largest absolute Gasteiger partial charge is 0.497 e. The minimum Gasteiger partial charge on any atom is -0.497 e. The van der Waals surface area contributed by atoms with Crippen LogP contribution in [0.1, 0.15) is 23.6 Å². The number of rotatable bonds is 13. The first kappa shape index (κ1) is 32.6. The molecule has 0 radical (unpaired) electrons.